The molecule has 0 atom stereocenters. The van der Waals surface area contributed by atoms with Crippen LogP contribution in [0.4, 0.5) is 0 Å². The highest BCUT2D eigenvalue weighted by molar-refractivity contribution is 6.11. The maximum atomic E-state index is 5.21. The summed E-state index contributed by atoms with van der Waals surface area (Å²) < 4.78 is 2.36. The summed E-state index contributed by atoms with van der Waals surface area (Å²) in [7, 11) is 0. The van der Waals surface area contributed by atoms with Crippen LogP contribution in [0.3, 0.4) is 0 Å². The zero-order valence-electron chi connectivity index (χ0n) is 30.9. The first-order valence-corrected chi connectivity index (χ1v) is 19.3. The molecule has 57 heavy (non-hydrogen) atoms. The van der Waals surface area contributed by atoms with Crippen LogP contribution in [0.5, 0.6) is 0 Å². The second-order valence-corrected chi connectivity index (χ2v) is 14.4. The van der Waals surface area contributed by atoms with Gasteiger partial charge in [0.25, 0.3) is 0 Å². The number of hydrogen-bond donors (Lipinski definition) is 0. The molecule has 0 saturated carbocycles. The maximum Gasteiger partial charge on any atom is 0.164 e. The van der Waals surface area contributed by atoms with Crippen molar-refractivity contribution in [2.45, 2.75) is 0 Å². The molecule has 2 aromatic heterocycles. The Balaban J connectivity index is 1.02. The molecule has 0 spiro atoms. The Kier molecular flexibility index (Phi) is 7.78. The fraction of sp³-hybridized carbons (Fsp3) is 0. The molecule has 4 heteroatoms. The zero-order valence-corrected chi connectivity index (χ0v) is 30.9. The van der Waals surface area contributed by atoms with Gasteiger partial charge in [-0.2, -0.15) is 0 Å². The molecule has 0 N–H and O–H groups in total. The molecule has 0 amide bonds. The first-order chi connectivity index (χ1) is 28.2. The van der Waals surface area contributed by atoms with Gasteiger partial charge in [-0.3, -0.25) is 0 Å². The summed E-state index contributed by atoms with van der Waals surface area (Å²) in [4.78, 5) is 15.4. The second-order valence-electron chi connectivity index (χ2n) is 14.4. The summed E-state index contributed by atoms with van der Waals surface area (Å²) in [6.07, 6.45) is 0. The molecule has 266 valence electrons. The van der Waals surface area contributed by atoms with Crippen LogP contribution >= 0.6 is 0 Å². The second kappa shape index (κ2) is 13.6. The quantitative estimate of drug-likeness (QED) is 0.171. The lowest BCUT2D eigenvalue weighted by molar-refractivity contribution is 1.08. The molecular weight excluding hydrogens is 693 g/mol. The third-order valence-corrected chi connectivity index (χ3v) is 11.0. The zero-order chi connectivity index (χ0) is 37.7. The van der Waals surface area contributed by atoms with Crippen LogP contribution in [0.25, 0.3) is 105 Å². The Morgan fingerprint density at radius 2 is 0.842 bits per heavy atom. The van der Waals surface area contributed by atoms with E-state index < -0.39 is 0 Å². The van der Waals surface area contributed by atoms with E-state index in [0.717, 1.165) is 55.0 Å². The molecule has 0 saturated heterocycles. The van der Waals surface area contributed by atoms with Crippen molar-refractivity contribution in [2.24, 2.45) is 0 Å². The van der Waals surface area contributed by atoms with E-state index in [4.69, 9.17) is 15.0 Å². The van der Waals surface area contributed by atoms with Crippen molar-refractivity contribution >= 4 is 43.4 Å². The number of rotatable bonds is 6. The third-order valence-electron chi connectivity index (χ3n) is 11.0. The van der Waals surface area contributed by atoms with E-state index in [2.05, 4.69) is 193 Å². The normalized spacial score (nSPS) is 11.5. The van der Waals surface area contributed by atoms with Crippen LogP contribution in [0, 0.1) is 0 Å². The van der Waals surface area contributed by atoms with Gasteiger partial charge in [0.1, 0.15) is 0 Å². The molecule has 0 aliphatic heterocycles. The van der Waals surface area contributed by atoms with Gasteiger partial charge in [0.2, 0.25) is 0 Å². The van der Waals surface area contributed by atoms with Gasteiger partial charge in [0, 0.05) is 38.5 Å². The van der Waals surface area contributed by atoms with E-state index in [1.54, 1.807) is 0 Å². The van der Waals surface area contributed by atoms with Crippen molar-refractivity contribution in [3.05, 3.63) is 206 Å². The Hall–Kier alpha value is -7.69. The fourth-order valence-electron chi connectivity index (χ4n) is 8.30. The highest BCUT2D eigenvalue weighted by Crippen LogP contribution is 2.38. The van der Waals surface area contributed by atoms with Gasteiger partial charge < -0.3 is 4.57 Å². The summed E-state index contributed by atoms with van der Waals surface area (Å²) in [5.41, 5.74) is 11.1. The lowest BCUT2D eigenvalue weighted by atomic mass is 9.94. The number of benzene rings is 9. The Labute approximate surface area is 330 Å². The van der Waals surface area contributed by atoms with Crippen LogP contribution in [0.2, 0.25) is 0 Å². The van der Waals surface area contributed by atoms with Crippen LogP contribution in [-0.2, 0) is 0 Å². The number of hydrogen-bond acceptors (Lipinski definition) is 3. The minimum Gasteiger partial charge on any atom is -0.309 e. The van der Waals surface area contributed by atoms with Crippen LogP contribution in [0.15, 0.2) is 206 Å². The van der Waals surface area contributed by atoms with Gasteiger partial charge in [-0.15, -0.1) is 0 Å². The molecule has 11 rings (SSSR count). The monoisotopic (exact) mass is 726 g/mol. The Morgan fingerprint density at radius 3 is 1.60 bits per heavy atom. The minimum absolute atomic E-state index is 0.638. The van der Waals surface area contributed by atoms with Gasteiger partial charge in [0.15, 0.2) is 17.5 Å². The Bertz CT molecular complexity index is 3270. The van der Waals surface area contributed by atoms with Crippen molar-refractivity contribution < 1.29 is 0 Å². The van der Waals surface area contributed by atoms with E-state index in [-0.39, 0.29) is 0 Å². The predicted molar refractivity (Wildman–Crippen MR) is 236 cm³/mol. The van der Waals surface area contributed by atoms with Crippen molar-refractivity contribution in [2.75, 3.05) is 0 Å². The van der Waals surface area contributed by atoms with Crippen molar-refractivity contribution in [3.63, 3.8) is 0 Å². The first-order valence-electron chi connectivity index (χ1n) is 19.3. The molecule has 0 radical (unpaired) electrons. The van der Waals surface area contributed by atoms with Crippen LogP contribution in [-0.4, -0.2) is 19.5 Å². The first kappa shape index (κ1) is 32.7. The average molecular weight is 727 g/mol. The van der Waals surface area contributed by atoms with E-state index >= 15 is 0 Å². The van der Waals surface area contributed by atoms with Gasteiger partial charge in [-0.25, -0.2) is 15.0 Å². The molecular formula is C53H34N4. The van der Waals surface area contributed by atoms with Gasteiger partial charge >= 0.3 is 0 Å². The summed E-state index contributed by atoms with van der Waals surface area (Å²) in [5, 5.41) is 7.02. The third kappa shape index (κ3) is 5.74. The van der Waals surface area contributed by atoms with Gasteiger partial charge in [0.05, 0.1) is 11.0 Å². The fourth-order valence-corrected chi connectivity index (χ4v) is 8.30. The van der Waals surface area contributed by atoms with Crippen molar-refractivity contribution in [3.8, 4) is 62.1 Å². The van der Waals surface area contributed by atoms with E-state index in [0.29, 0.717) is 17.5 Å². The molecule has 0 unspecified atom stereocenters. The summed E-state index contributed by atoms with van der Waals surface area (Å²) in [5.74, 6) is 1.93. The number of aromatic nitrogens is 4. The molecule has 11 aromatic rings. The number of fused-ring (bicyclic) bond motifs is 5. The highest BCUT2D eigenvalue weighted by atomic mass is 15.0. The van der Waals surface area contributed by atoms with Gasteiger partial charge in [-0.1, -0.05) is 164 Å². The lowest BCUT2D eigenvalue weighted by Gasteiger charge is -2.14. The average Bonchev–Trinajstić information content (AvgIpc) is 3.62. The van der Waals surface area contributed by atoms with Crippen LogP contribution in [0.1, 0.15) is 0 Å². The lowest BCUT2D eigenvalue weighted by Crippen LogP contribution is -2.01. The molecule has 2 heterocycles. The maximum absolute atomic E-state index is 5.21. The van der Waals surface area contributed by atoms with Crippen LogP contribution < -0.4 is 0 Å². The molecule has 0 aliphatic carbocycles. The minimum atomic E-state index is 0.638. The van der Waals surface area contributed by atoms with E-state index in [9.17, 15) is 0 Å². The Morgan fingerprint density at radius 1 is 0.298 bits per heavy atom. The van der Waals surface area contributed by atoms with Gasteiger partial charge in [-0.05, 0) is 80.9 Å². The predicted octanol–water partition coefficient (Wildman–Crippen LogP) is 13.6. The van der Waals surface area contributed by atoms with Crippen molar-refractivity contribution in [1.82, 2.24) is 19.5 Å². The molecule has 9 aromatic carbocycles. The summed E-state index contributed by atoms with van der Waals surface area (Å²) in [6, 6.07) is 72.9. The standard InChI is InChI=1S/C53H34N4/c1-4-14-35(15-5-1)44-23-12-18-36-19-13-24-46(50(36)44)53-55-51(37-16-6-2-7-17-37)54-52(56-53)42-29-28-38-32-39(26-27-40(38)33-42)41-30-31-49-47(34-41)45-22-10-11-25-48(45)57(49)43-20-8-3-9-21-43/h1-34H. The molecule has 0 aliphatic rings. The largest absolute Gasteiger partial charge is 0.309 e. The summed E-state index contributed by atoms with van der Waals surface area (Å²) in [6.45, 7) is 0. The molecule has 0 fully saturated rings. The summed E-state index contributed by atoms with van der Waals surface area (Å²) >= 11 is 0. The highest BCUT2D eigenvalue weighted by Gasteiger charge is 2.18. The van der Waals surface area contributed by atoms with E-state index in [1.807, 2.05) is 18.2 Å². The SMILES string of the molecule is c1ccc(-c2nc(-c3ccc4cc(-c5ccc6c(c5)c5ccccc5n6-c5ccccc5)ccc4c3)nc(-c3cccc4cccc(-c5ccccc5)c34)n2)cc1. The van der Waals surface area contributed by atoms with E-state index in [1.165, 1.54) is 32.9 Å². The smallest absolute Gasteiger partial charge is 0.164 e. The number of para-hydroxylation sites is 2. The topological polar surface area (TPSA) is 43.6 Å². The molecule has 0 bridgehead atoms. The van der Waals surface area contributed by atoms with Crippen molar-refractivity contribution in [1.29, 1.82) is 0 Å². The molecule has 4 nitrogen and oxygen atoms in total. The number of nitrogens with zero attached hydrogens (tertiary/aromatic N) is 4.